The van der Waals surface area contributed by atoms with Crippen LogP contribution in [0.5, 0.6) is 5.75 Å². The Kier molecular flexibility index (Phi) is 6.67. The molecule has 1 N–H and O–H groups in total. The van der Waals surface area contributed by atoms with Crippen molar-refractivity contribution in [1.82, 2.24) is 14.9 Å². The number of aryl methyl sites for hydroxylation is 2. The topological polar surface area (TPSA) is 73.2 Å². The van der Waals surface area contributed by atoms with E-state index in [2.05, 4.69) is 19.2 Å². The van der Waals surface area contributed by atoms with Crippen LogP contribution in [-0.4, -0.2) is 34.9 Å². The van der Waals surface area contributed by atoms with Crippen LogP contribution in [0.1, 0.15) is 37.1 Å². The van der Waals surface area contributed by atoms with Crippen molar-refractivity contribution in [3.63, 3.8) is 0 Å². The monoisotopic (exact) mass is 457 g/mol. The normalized spacial score (nSPS) is 13.4. The van der Waals surface area contributed by atoms with Gasteiger partial charge >= 0.3 is 0 Å². The number of thioether (sulfide) groups is 1. The van der Waals surface area contributed by atoms with Gasteiger partial charge in [0, 0.05) is 11.4 Å². The summed E-state index contributed by atoms with van der Waals surface area (Å²) in [7, 11) is 1.61. The molecule has 8 heteroatoms. The van der Waals surface area contributed by atoms with Gasteiger partial charge in [-0.1, -0.05) is 25.6 Å². The summed E-state index contributed by atoms with van der Waals surface area (Å²) in [5.41, 5.74) is 1.83. The summed E-state index contributed by atoms with van der Waals surface area (Å²) in [6.07, 6.45) is 4.20. The molecule has 164 valence electrons. The van der Waals surface area contributed by atoms with Crippen molar-refractivity contribution >= 4 is 39.2 Å². The zero-order chi connectivity index (χ0) is 22.0. The van der Waals surface area contributed by atoms with Gasteiger partial charge in [-0.25, -0.2) is 4.98 Å². The highest BCUT2D eigenvalue weighted by atomic mass is 32.2. The van der Waals surface area contributed by atoms with E-state index >= 15 is 0 Å². The standard InChI is InChI=1S/C23H27N3O3S2/c1-14(2)12-24-19(27)13-30-23-25-21-20(17-6-4-5-7-18(17)31-21)22(28)26(23)15-8-10-16(29-3)11-9-15/h8-11,14H,4-7,12-13H2,1-3H3,(H,24,27). The molecular weight excluding hydrogens is 430 g/mol. The number of hydrogen-bond acceptors (Lipinski definition) is 6. The van der Waals surface area contributed by atoms with E-state index in [1.165, 1.54) is 16.6 Å². The predicted molar refractivity (Wildman–Crippen MR) is 127 cm³/mol. The Morgan fingerprint density at radius 3 is 2.71 bits per heavy atom. The average Bonchev–Trinajstić information content (AvgIpc) is 3.15. The molecule has 1 aromatic carbocycles. The van der Waals surface area contributed by atoms with Crippen LogP contribution in [0.3, 0.4) is 0 Å². The number of thiophene rings is 1. The third kappa shape index (κ3) is 4.65. The second-order valence-corrected chi connectivity index (χ2v) is 10.1. The first-order valence-corrected chi connectivity index (χ1v) is 12.4. The van der Waals surface area contributed by atoms with Crippen LogP contribution in [0.15, 0.2) is 34.2 Å². The molecule has 0 radical (unpaired) electrons. The van der Waals surface area contributed by atoms with E-state index in [0.29, 0.717) is 17.6 Å². The van der Waals surface area contributed by atoms with Gasteiger partial charge in [0.25, 0.3) is 5.56 Å². The molecule has 2 aromatic heterocycles. The molecule has 0 aliphatic heterocycles. The van der Waals surface area contributed by atoms with E-state index in [0.717, 1.165) is 52.9 Å². The summed E-state index contributed by atoms with van der Waals surface area (Å²) < 4.78 is 6.91. The summed E-state index contributed by atoms with van der Waals surface area (Å²) in [6.45, 7) is 4.75. The Morgan fingerprint density at radius 1 is 1.26 bits per heavy atom. The minimum atomic E-state index is -0.0559. The molecule has 1 aliphatic carbocycles. The number of nitrogens with one attached hydrogen (secondary N) is 1. The minimum absolute atomic E-state index is 0.0557. The summed E-state index contributed by atoms with van der Waals surface area (Å²) in [5.74, 6) is 1.27. The van der Waals surface area contributed by atoms with Crippen molar-refractivity contribution in [2.45, 2.75) is 44.7 Å². The van der Waals surface area contributed by atoms with Gasteiger partial charge in [0.15, 0.2) is 5.16 Å². The van der Waals surface area contributed by atoms with Crippen LogP contribution in [0.25, 0.3) is 15.9 Å². The second-order valence-electron chi connectivity index (χ2n) is 8.11. The molecule has 6 nitrogen and oxygen atoms in total. The fourth-order valence-corrected chi connectivity index (χ4v) is 5.89. The van der Waals surface area contributed by atoms with Crippen molar-refractivity contribution in [2.75, 3.05) is 19.4 Å². The quantitative estimate of drug-likeness (QED) is 0.425. The number of carbonyl (C=O) groups excluding carboxylic acids is 1. The number of benzene rings is 1. The summed E-state index contributed by atoms with van der Waals surface area (Å²) in [5, 5.41) is 4.21. The molecule has 0 spiro atoms. The largest absolute Gasteiger partial charge is 0.497 e. The van der Waals surface area contributed by atoms with E-state index in [9.17, 15) is 9.59 Å². The van der Waals surface area contributed by atoms with E-state index in [1.54, 1.807) is 23.0 Å². The van der Waals surface area contributed by atoms with Crippen LogP contribution in [0, 0.1) is 5.92 Å². The number of hydrogen-bond donors (Lipinski definition) is 1. The van der Waals surface area contributed by atoms with E-state index in [4.69, 9.17) is 9.72 Å². The molecule has 1 aliphatic rings. The lowest BCUT2D eigenvalue weighted by atomic mass is 9.97. The summed E-state index contributed by atoms with van der Waals surface area (Å²) >= 11 is 2.93. The Morgan fingerprint density at radius 2 is 2.00 bits per heavy atom. The summed E-state index contributed by atoms with van der Waals surface area (Å²) in [4.78, 5) is 32.9. The number of aromatic nitrogens is 2. The predicted octanol–water partition coefficient (Wildman–Crippen LogP) is 4.20. The number of ether oxygens (including phenoxy) is 1. The minimum Gasteiger partial charge on any atom is -0.497 e. The Balaban J connectivity index is 1.77. The molecule has 1 amide bonds. The highest BCUT2D eigenvalue weighted by Gasteiger charge is 2.23. The molecule has 2 heterocycles. The molecule has 0 atom stereocenters. The number of nitrogens with zero attached hydrogens (tertiary/aromatic N) is 2. The fourth-order valence-electron chi connectivity index (χ4n) is 3.74. The lowest BCUT2D eigenvalue weighted by Crippen LogP contribution is -2.29. The zero-order valence-corrected chi connectivity index (χ0v) is 19.7. The molecule has 0 fully saturated rings. The zero-order valence-electron chi connectivity index (χ0n) is 18.1. The van der Waals surface area contributed by atoms with Gasteiger partial charge in [-0.2, -0.15) is 0 Å². The van der Waals surface area contributed by atoms with Crippen LogP contribution >= 0.6 is 23.1 Å². The summed E-state index contributed by atoms with van der Waals surface area (Å²) in [6, 6.07) is 7.38. The first kappa shape index (κ1) is 21.9. The average molecular weight is 458 g/mol. The maximum atomic E-state index is 13.7. The Hall–Kier alpha value is -2.32. The third-order valence-corrected chi connectivity index (χ3v) is 7.45. The highest BCUT2D eigenvalue weighted by molar-refractivity contribution is 7.99. The molecule has 0 unspecified atom stereocenters. The number of methoxy groups -OCH3 is 1. The van der Waals surface area contributed by atoms with Crippen LogP contribution in [-0.2, 0) is 17.6 Å². The first-order chi connectivity index (χ1) is 15.0. The lowest BCUT2D eigenvalue weighted by Gasteiger charge is -2.14. The lowest BCUT2D eigenvalue weighted by molar-refractivity contribution is -0.118. The smallest absolute Gasteiger partial charge is 0.267 e. The van der Waals surface area contributed by atoms with Crippen molar-refractivity contribution in [3.05, 3.63) is 45.1 Å². The maximum Gasteiger partial charge on any atom is 0.267 e. The Labute approximate surface area is 190 Å². The molecule has 31 heavy (non-hydrogen) atoms. The second kappa shape index (κ2) is 9.44. The van der Waals surface area contributed by atoms with Crippen molar-refractivity contribution in [1.29, 1.82) is 0 Å². The van der Waals surface area contributed by atoms with Gasteiger partial charge in [0.1, 0.15) is 10.6 Å². The van der Waals surface area contributed by atoms with Gasteiger partial charge in [-0.05, 0) is 61.4 Å². The van der Waals surface area contributed by atoms with Crippen molar-refractivity contribution in [2.24, 2.45) is 5.92 Å². The third-order valence-electron chi connectivity index (χ3n) is 5.33. The van der Waals surface area contributed by atoms with Crippen LogP contribution in [0.2, 0.25) is 0 Å². The SMILES string of the molecule is COc1ccc(-n2c(SCC(=O)NCC(C)C)nc3sc4c(c3c2=O)CCCC4)cc1. The first-order valence-electron chi connectivity index (χ1n) is 10.6. The van der Waals surface area contributed by atoms with Gasteiger partial charge in [0.2, 0.25) is 5.91 Å². The fraction of sp³-hybridized carbons (Fsp3) is 0.435. The molecule has 4 rings (SSSR count). The molecule has 0 saturated heterocycles. The number of amides is 1. The highest BCUT2D eigenvalue weighted by Crippen LogP contribution is 2.35. The van der Waals surface area contributed by atoms with E-state index < -0.39 is 0 Å². The van der Waals surface area contributed by atoms with Crippen molar-refractivity contribution in [3.8, 4) is 11.4 Å². The number of fused-ring (bicyclic) bond motifs is 3. The van der Waals surface area contributed by atoms with Crippen LogP contribution in [0.4, 0.5) is 0 Å². The van der Waals surface area contributed by atoms with Gasteiger partial charge in [-0.3, -0.25) is 14.2 Å². The van der Waals surface area contributed by atoms with E-state index in [-0.39, 0.29) is 17.2 Å². The molecule has 0 bridgehead atoms. The van der Waals surface area contributed by atoms with Crippen LogP contribution < -0.4 is 15.6 Å². The number of rotatable bonds is 7. The van der Waals surface area contributed by atoms with Gasteiger partial charge < -0.3 is 10.1 Å². The van der Waals surface area contributed by atoms with Gasteiger partial charge in [0.05, 0.1) is 23.9 Å². The van der Waals surface area contributed by atoms with Crippen molar-refractivity contribution < 1.29 is 9.53 Å². The molecule has 3 aromatic rings. The Bertz CT molecular complexity index is 1150. The van der Waals surface area contributed by atoms with E-state index in [1.807, 2.05) is 24.3 Å². The maximum absolute atomic E-state index is 13.7. The molecular formula is C23H27N3O3S2. The van der Waals surface area contributed by atoms with Gasteiger partial charge in [-0.15, -0.1) is 11.3 Å². The number of carbonyl (C=O) groups is 1. The molecule has 0 saturated carbocycles.